The Bertz CT molecular complexity index is 1180. The van der Waals surface area contributed by atoms with Gasteiger partial charge in [-0.3, -0.25) is 9.59 Å². The largest absolute Gasteiger partial charge is 0.342 e. The molecule has 2 amide bonds. The van der Waals surface area contributed by atoms with Gasteiger partial charge in [0.2, 0.25) is 5.91 Å². The first-order valence-electron chi connectivity index (χ1n) is 10.9. The minimum absolute atomic E-state index is 0.0944. The summed E-state index contributed by atoms with van der Waals surface area (Å²) in [5.41, 5.74) is 3.81. The molecule has 2 heterocycles. The van der Waals surface area contributed by atoms with Gasteiger partial charge in [0.1, 0.15) is 5.69 Å². The molecule has 0 atom stereocenters. The van der Waals surface area contributed by atoms with Gasteiger partial charge in [0.15, 0.2) is 0 Å². The molecule has 4 rings (SSSR count). The van der Waals surface area contributed by atoms with Crippen LogP contribution >= 0.6 is 22.9 Å². The Labute approximate surface area is 203 Å². The number of piperidine rings is 1. The van der Waals surface area contributed by atoms with Gasteiger partial charge in [0, 0.05) is 40.7 Å². The number of aromatic nitrogens is 1. The summed E-state index contributed by atoms with van der Waals surface area (Å²) in [6, 6.07) is 15.1. The zero-order valence-corrected chi connectivity index (χ0v) is 20.1. The third-order valence-electron chi connectivity index (χ3n) is 5.89. The molecule has 0 unspecified atom stereocenters. The lowest BCUT2D eigenvalue weighted by atomic mass is 9.97. The first kappa shape index (κ1) is 23.2. The topological polar surface area (TPSA) is 62.3 Å². The van der Waals surface area contributed by atoms with Crippen LogP contribution in [0.5, 0.6) is 0 Å². The fourth-order valence-corrected chi connectivity index (χ4v) is 5.20. The molecule has 5 nitrogen and oxygen atoms in total. The van der Waals surface area contributed by atoms with Crippen molar-refractivity contribution in [2.75, 3.05) is 18.4 Å². The van der Waals surface area contributed by atoms with Gasteiger partial charge in [-0.05, 0) is 43.0 Å². The average Bonchev–Trinajstić information content (AvgIpc) is 3.31. The second-order valence-electron chi connectivity index (χ2n) is 8.27. The maximum atomic E-state index is 12.8. The van der Waals surface area contributed by atoms with Gasteiger partial charge in [0.05, 0.1) is 11.4 Å². The van der Waals surface area contributed by atoms with E-state index in [1.807, 2.05) is 65.7 Å². The number of carbonyl (C=O) groups is 2. The number of likely N-dealkylation sites (tertiary alicyclic amines) is 1. The minimum Gasteiger partial charge on any atom is -0.342 e. The van der Waals surface area contributed by atoms with Crippen molar-refractivity contribution in [1.29, 1.82) is 0 Å². The number of amides is 2. The van der Waals surface area contributed by atoms with Gasteiger partial charge in [-0.1, -0.05) is 54.6 Å². The van der Waals surface area contributed by atoms with Crippen molar-refractivity contribution in [2.45, 2.75) is 32.1 Å². The molecule has 1 aliphatic rings. The monoisotopic (exact) mass is 479 g/mol. The Kier molecular flexibility index (Phi) is 7.26. The molecular formula is C26H26ClN3O2S. The molecule has 1 saturated heterocycles. The van der Waals surface area contributed by atoms with Crippen LogP contribution < -0.4 is 5.32 Å². The molecule has 7 heteroatoms. The predicted molar refractivity (Wildman–Crippen MR) is 135 cm³/mol. The van der Waals surface area contributed by atoms with E-state index >= 15 is 0 Å². The fraction of sp³-hybridized carbons (Fsp3) is 0.269. The van der Waals surface area contributed by atoms with Crippen LogP contribution in [0.1, 0.15) is 52.3 Å². The Morgan fingerprint density at radius 1 is 1.15 bits per heavy atom. The van der Waals surface area contributed by atoms with Crippen molar-refractivity contribution in [1.82, 2.24) is 9.88 Å². The second-order valence-corrected chi connectivity index (χ2v) is 9.57. The molecule has 1 N–H and O–H groups in total. The Morgan fingerprint density at radius 3 is 2.58 bits per heavy atom. The number of carbonyl (C=O) groups excluding carboxylic acids is 2. The number of nitrogens with one attached hydrogen (secondary N) is 1. The van der Waals surface area contributed by atoms with Gasteiger partial charge in [-0.25, -0.2) is 4.98 Å². The molecule has 0 saturated carbocycles. The quantitative estimate of drug-likeness (QED) is 0.469. The standard InChI is InChI=1S/C26H26ClN3O2S/c1-17(2)20-8-4-6-10-22(20)28-25(32)23-16-33-26(29-23)18-11-13-30(14-12-18)24(31)15-19-7-3-5-9-21(19)27/h3-10,16,18H,1,11-15H2,2H3,(H,28,32). The van der Waals surface area contributed by atoms with Gasteiger partial charge in [-0.15, -0.1) is 11.3 Å². The van der Waals surface area contributed by atoms with Gasteiger partial charge >= 0.3 is 0 Å². The predicted octanol–water partition coefficient (Wildman–Crippen LogP) is 6.03. The summed E-state index contributed by atoms with van der Waals surface area (Å²) in [5.74, 6) is 0.124. The van der Waals surface area contributed by atoms with Crippen LogP contribution in [0.15, 0.2) is 60.5 Å². The summed E-state index contributed by atoms with van der Waals surface area (Å²) in [4.78, 5) is 32.0. The van der Waals surface area contributed by atoms with Gasteiger partial charge in [0.25, 0.3) is 5.91 Å². The summed E-state index contributed by atoms with van der Waals surface area (Å²) in [6.45, 7) is 7.26. The van der Waals surface area contributed by atoms with Gasteiger partial charge < -0.3 is 10.2 Å². The first-order chi connectivity index (χ1) is 15.9. The van der Waals surface area contributed by atoms with Crippen LogP contribution in [0.25, 0.3) is 5.57 Å². The molecular weight excluding hydrogens is 454 g/mol. The number of para-hydroxylation sites is 1. The van der Waals surface area contributed by atoms with E-state index in [9.17, 15) is 9.59 Å². The van der Waals surface area contributed by atoms with Crippen molar-refractivity contribution in [3.63, 3.8) is 0 Å². The molecule has 170 valence electrons. The highest BCUT2D eigenvalue weighted by molar-refractivity contribution is 7.10. The number of thiazole rings is 1. The molecule has 1 aromatic heterocycles. The lowest BCUT2D eigenvalue weighted by Crippen LogP contribution is -2.38. The van der Waals surface area contributed by atoms with E-state index in [-0.39, 0.29) is 17.7 Å². The average molecular weight is 480 g/mol. The fourth-order valence-electron chi connectivity index (χ4n) is 4.02. The Hall–Kier alpha value is -2.96. The lowest BCUT2D eigenvalue weighted by Gasteiger charge is -2.31. The number of allylic oxidation sites excluding steroid dienone is 1. The van der Waals surface area contributed by atoms with E-state index in [0.717, 1.165) is 40.2 Å². The van der Waals surface area contributed by atoms with E-state index in [4.69, 9.17) is 11.6 Å². The number of benzene rings is 2. The van der Waals surface area contributed by atoms with Crippen LogP contribution in [0.3, 0.4) is 0 Å². The Balaban J connectivity index is 1.34. The summed E-state index contributed by atoms with van der Waals surface area (Å²) in [5, 5.41) is 6.34. The number of halogens is 1. The van der Waals surface area contributed by atoms with Crippen LogP contribution in [-0.4, -0.2) is 34.8 Å². The lowest BCUT2D eigenvalue weighted by molar-refractivity contribution is -0.131. The molecule has 0 spiro atoms. The number of hydrogen-bond donors (Lipinski definition) is 1. The van der Waals surface area contributed by atoms with Crippen LogP contribution in [0.2, 0.25) is 5.02 Å². The third kappa shape index (κ3) is 5.52. The van der Waals surface area contributed by atoms with Gasteiger partial charge in [-0.2, -0.15) is 0 Å². The number of rotatable bonds is 6. The number of anilines is 1. The summed E-state index contributed by atoms with van der Waals surface area (Å²) in [6.07, 6.45) is 1.99. The van der Waals surface area contributed by atoms with E-state index in [1.54, 1.807) is 0 Å². The number of nitrogens with zero attached hydrogens (tertiary/aromatic N) is 2. The smallest absolute Gasteiger partial charge is 0.275 e. The van der Waals surface area contributed by atoms with Crippen molar-refractivity contribution >= 4 is 46.0 Å². The SMILES string of the molecule is C=C(C)c1ccccc1NC(=O)c1csc(C2CCN(C(=O)Cc3ccccc3Cl)CC2)n1. The minimum atomic E-state index is -0.224. The number of hydrogen-bond acceptors (Lipinski definition) is 4. The third-order valence-corrected chi connectivity index (χ3v) is 7.26. The van der Waals surface area contributed by atoms with Crippen molar-refractivity contribution < 1.29 is 9.59 Å². The molecule has 2 aromatic carbocycles. The van der Waals surface area contributed by atoms with Crippen LogP contribution in [0, 0.1) is 0 Å². The van der Waals surface area contributed by atoms with Crippen LogP contribution in [0.4, 0.5) is 5.69 Å². The molecule has 0 aliphatic carbocycles. The molecule has 0 bridgehead atoms. The van der Waals surface area contributed by atoms with Crippen molar-refractivity contribution in [2.24, 2.45) is 0 Å². The zero-order valence-electron chi connectivity index (χ0n) is 18.5. The summed E-state index contributed by atoms with van der Waals surface area (Å²) >= 11 is 7.71. The molecule has 1 fully saturated rings. The van der Waals surface area contributed by atoms with E-state index in [2.05, 4.69) is 16.9 Å². The highest BCUT2D eigenvalue weighted by Crippen LogP contribution is 2.31. The van der Waals surface area contributed by atoms with E-state index < -0.39 is 0 Å². The maximum Gasteiger partial charge on any atom is 0.275 e. The van der Waals surface area contributed by atoms with Crippen molar-refractivity contribution in [3.05, 3.63) is 87.3 Å². The second kappa shape index (κ2) is 10.3. The normalized spacial score (nSPS) is 14.2. The molecule has 3 aromatic rings. The summed E-state index contributed by atoms with van der Waals surface area (Å²) < 4.78 is 0. The van der Waals surface area contributed by atoms with E-state index in [1.165, 1.54) is 11.3 Å². The maximum absolute atomic E-state index is 12.8. The first-order valence-corrected chi connectivity index (χ1v) is 12.2. The molecule has 1 aliphatic heterocycles. The molecule has 0 radical (unpaired) electrons. The summed E-state index contributed by atoms with van der Waals surface area (Å²) in [7, 11) is 0. The zero-order chi connectivity index (χ0) is 23.4. The highest BCUT2D eigenvalue weighted by atomic mass is 35.5. The van der Waals surface area contributed by atoms with E-state index in [0.29, 0.717) is 30.2 Å². The van der Waals surface area contributed by atoms with Crippen LogP contribution in [-0.2, 0) is 11.2 Å². The highest BCUT2D eigenvalue weighted by Gasteiger charge is 2.26. The van der Waals surface area contributed by atoms with Crippen molar-refractivity contribution in [3.8, 4) is 0 Å². The molecule has 33 heavy (non-hydrogen) atoms. The Morgan fingerprint density at radius 2 is 1.85 bits per heavy atom.